The molecule has 0 bridgehead atoms. The van der Waals surface area contributed by atoms with E-state index in [-0.39, 0.29) is 0 Å². The molecular formula is C15H21NO. The fourth-order valence-electron chi connectivity index (χ4n) is 2.53. The van der Waals surface area contributed by atoms with Crippen molar-refractivity contribution in [2.24, 2.45) is 0 Å². The predicted octanol–water partition coefficient (Wildman–Crippen LogP) is 3.11. The summed E-state index contributed by atoms with van der Waals surface area (Å²) in [6.45, 7) is 7.76. The van der Waals surface area contributed by atoms with Gasteiger partial charge in [-0.25, -0.2) is 0 Å². The zero-order chi connectivity index (χ0) is 12.1. The third-order valence-electron chi connectivity index (χ3n) is 3.37. The van der Waals surface area contributed by atoms with E-state index in [0.29, 0.717) is 12.0 Å². The molecule has 2 atom stereocenters. The van der Waals surface area contributed by atoms with Crippen molar-refractivity contribution in [2.45, 2.75) is 31.7 Å². The molecule has 92 valence electrons. The summed E-state index contributed by atoms with van der Waals surface area (Å²) in [5.41, 5.74) is 1.35. The van der Waals surface area contributed by atoms with E-state index in [4.69, 9.17) is 4.74 Å². The topological polar surface area (TPSA) is 21.3 Å². The SMILES string of the molecule is C=CCCC(NCC)C1COc2ccccc21. The van der Waals surface area contributed by atoms with Gasteiger partial charge in [0, 0.05) is 17.5 Å². The number of fused-ring (bicyclic) bond motifs is 1. The number of ether oxygens (including phenoxy) is 1. The Kier molecular flexibility index (Phi) is 4.21. The minimum Gasteiger partial charge on any atom is -0.493 e. The van der Waals surface area contributed by atoms with Crippen molar-refractivity contribution in [1.29, 1.82) is 0 Å². The maximum atomic E-state index is 5.75. The second-order valence-corrected chi connectivity index (χ2v) is 4.49. The number of allylic oxidation sites excluding steroid dienone is 1. The second kappa shape index (κ2) is 5.87. The summed E-state index contributed by atoms with van der Waals surface area (Å²) >= 11 is 0. The van der Waals surface area contributed by atoms with Gasteiger partial charge in [0.1, 0.15) is 5.75 Å². The van der Waals surface area contributed by atoms with Crippen LogP contribution in [0.4, 0.5) is 0 Å². The van der Waals surface area contributed by atoms with Gasteiger partial charge in [0.05, 0.1) is 6.61 Å². The third kappa shape index (κ3) is 2.70. The molecule has 1 aromatic rings. The van der Waals surface area contributed by atoms with Gasteiger partial charge in [-0.3, -0.25) is 0 Å². The summed E-state index contributed by atoms with van der Waals surface area (Å²) in [7, 11) is 0. The molecule has 1 heterocycles. The van der Waals surface area contributed by atoms with Crippen molar-refractivity contribution in [2.75, 3.05) is 13.2 Å². The summed E-state index contributed by atoms with van der Waals surface area (Å²) in [5.74, 6) is 1.53. The average molecular weight is 231 g/mol. The van der Waals surface area contributed by atoms with Crippen molar-refractivity contribution >= 4 is 0 Å². The maximum absolute atomic E-state index is 5.75. The van der Waals surface area contributed by atoms with Crippen molar-refractivity contribution in [3.8, 4) is 5.75 Å². The highest BCUT2D eigenvalue weighted by Gasteiger charge is 2.30. The van der Waals surface area contributed by atoms with Gasteiger partial charge in [-0.15, -0.1) is 6.58 Å². The molecule has 2 nitrogen and oxygen atoms in total. The van der Waals surface area contributed by atoms with Crippen LogP contribution in [0.25, 0.3) is 0 Å². The van der Waals surface area contributed by atoms with Gasteiger partial charge in [-0.2, -0.15) is 0 Å². The molecule has 2 heteroatoms. The van der Waals surface area contributed by atoms with E-state index in [9.17, 15) is 0 Å². The van der Waals surface area contributed by atoms with Crippen LogP contribution in [0.3, 0.4) is 0 Å². The summed E-state index contributed by atoms with van der Waals surface area (Å²) < 4.78 is 5.75. The highest BCUT2D eigenvalue weighted by Crippen LogP contribution is 2.36. The quantitative estimate of drug-likeness (QED) is 0.760. The van der Waals surface area contributed by atoms with Gasteiger partial charge in [-0.05, 0) is 25.5 Å². The largest absolute Gasteiger partial charge is 0.493 e. The monoisotopic (exact) mass is 231 g/mol. The molecule has 1 N–H and O–H groups in total. The molecule has 1 aromatic carbocycles. The summed E-state index contributed by atoms with van der Waals surface area (Å²) in [4.78, 5) is 0. The summed E-state index contributed by atoms with van der Waals surface area (Å²) in [5, 5.41) is 3.57. The van der Waals surface area contributed by atoms with Gasteiger partial charge >= 0.3 is 0 Å². The number of para-hydroxylation sites is 1. The first-order valence-corrected chi connectivity index (χ1v) is 6.42. The molecule has 2 unspecified atom stereocenters. The Bertz CT molecular complexity index is 375. The zero-order valence-corrected chi connectivity index (χ0v) is 10.5. The number of hydrogen-bond acceptors (Lipinski definition) is 2. The Labute approximate surface area is 104 Å². The van der Waals surface area contributed by atoms with Crippen molar-refractivity contribution in [1.82, 2.24) is 5.32 Å². The van der Waals surface area contributed by atoms with E-state index in [0.717, 1.165) is 31.7 Å². The number of likely N-dealkylation sites (N-methyl/N-ethyl adjacent to an activating group) is 1. The average Bonchev–Trinajstić information content (AvgIpc) is 2.78. The Balaban J connectivity index is 2.12. The van der Waals surface area contributed by atoms with E-state index >= 15 is 0 Å². The molecule has 0 spiro atoms. The number of rotatable bonds is 6. The lowest BCUT2D eigenvalue weighted by Crippen LogP contribution is -2.35. The van der Waals surface area contributed by atoms with Gasteiger partial charge in [-0.1, -0.05) is 31.2 Å². The molecule has 0 saturated carbocycles. The highest BCUT2D eigenvalue weighted by molar-refractivity contribution is 5.40. The predicted molar refractivity (Wildman–Crippen MR) is 71.6 cm³/mol. The molecule has 0 amide bonds. The molecule has 0 fully saturated rings. The molecule has 1 aliphatic rings. The first kappa shape index (κ1) is 12.2. The number of hydrogen-bond donors (Lipinski definition) is 1. The van der Waals surface area contributed by atoms with Crippen LogP contribution in [0.2, 0.25) is 0 Å². The fourth-order valence-corrected chi connectivity index (χ4v) is 2.53. The molecule has 1 aliphatic heterocycles. The Morgan fingerprint density at radius 2 is 2.35 bits per heavy atom. The van der Waals surface area contributed by atoms with E-state index in [1.165, 1.54) is 5.56 Å². The molecule has 2 rings (SSSR count). The smallest absolute Gasteiger partial charge is 0.122 e. The lowest BCUT2D eigenvalue weighted by atomic mass is 9.90. The molecule has 17 heavy (non-hydrogen) atoms. The molecule has 0 saturated heterocycles. The fraction of sp³-hybridized carbons (Fsp3) is 0.467. The Hall–Kier alpha value is -1.28. The minimum atomic E-state index is 0.478. The Morgan fingerprint density at radius 1 is 1.53 bits per heavy atom. The maximum Gasteiger partial charge on any atom is 0.122 e. The standard InChI is InChI=1S/C15H21NO/c1-3-5-9-14(16-4-2)13-11-17-15-10-7-6-8-12(13)15/h3,6-8,10,13-14,16H,1,4-5,9,11H2,2H3. The lowest BCUT2D eigenvalue weighted by molar-refractivity contribution is 0.294. The third-order valence-corrected chi connectivity index (χ3v) is 3.37. The first-order chi connectivity index (χ1) is 8.36. The second-order valence-electron chi connectivity index (χ2n) is 4.49. The van der Waals surface area contributed by atoms with Crippen LogP contribution < -0.4 is 10.1 Å². The molecular weight excluding hydrogens is 210 g/mol. The van der Waals surface area contributed by atoms with Crippen molar-refractivity contribution in [3.05, 3.63) is 42.5 Å². The van der Waals surface area contributed by atoms with Crippen LogP contribution in [0.5, 0.6) is 5.75 Å². The van der Waals surface area contributed by atoms with E-state index in [2.05, 4.69) is 37.0 Å². The van der Waals surface area contributed by atoms with Crippen LogP contribution in [0.15, 0.2) is 36.9 Å². The van der Waals surface area contributed by atoms with Gasteiger partial charge in [0.15, 0.2) is 0 Å². The first-order valence-electron chi connectivity index (χ1n) is 6.42. The van der Waals surface area contributed by atoms with E-state index in [1.807, 2.05) is 12.1 Å². The van der Waals surface area contributed by atoms with Crippen LogP contribution in [0, 0.1) is 0 Å². The zero-order valence-electron chi connectivity index (χ0n) is 10.5. The van der Waals surface area contributed by atoms with E-state index in [1.54, 1.807) is 0 Å². The molecule has 0 radical (unpaired) electrons. The summed E-state index contributed by atoms with van der Waals surface area (Å²) in [6, 6.07) is 8.86. The van der Waals surface area contributed by atoms with E-state index < -0.39 is 0 Å². The van der Waals surface area contributed by atoms with Crippen LogP contribution in [-0.4, -0.2) is 19.2 Å². The number of benzene rings is 1. The lowest BCUT2D eigenvalue weighted by Gasteiger charge is -2.23. The van der Waals surface area contributed by atoms with Gasteiger partial charge in [0.25, 0.3) is 0 Å². The normalized spacial score (nSPS) is 19.5. The van der Waals surface area contributed by atoms with Crippen LogP contribution in [0.1, 0.15) is 31.2 Å². The van der Waals surface area contributed by atoms with Crippen LogP contribution in [-0.2, 0) is 0 Å². The molecule has 0 aromatic heterocycles. The van der Waals surface area contributed by atoms with Crippen molar-refractivity contribution < 1.29 is 4.74 Å². The Morgan fingerprint density at radius 3 is 3.12 bits per heavy atom. The summed E-state index contributed by atoms with van der Waals surface area (Å²) in [6.07, 6.45) is 4.17. The highest BCUT2D eigenvalue weighted by atomic mass is 16.5. The minimum absolute atomic E-state index is 0.478. The van der Waals surface area contributed by atoms with Crippen LogP contribution >= 0.6 is 0 Å². The molecule has 0 aliphatic carbocycles. The van der Waals surface area contributed by atoms with Crippen molar-refractivity contribution in [3.63, 3.8) is 0 Å². The van der Waals surface area contributed by atoms with Gasteiger partial charge < -0.3 is 10.1 Å². The van der Waals surface area contributed by atoms with Gasteiger partial charge in [0.2, 0.25) is 0 Å². The number of nitrogens with one attached hydrogen (secondary N) is 1.